The highest BCUT2D eigenvalue weighted by Crippen LogP contribution is 2.28. The molecule has 0 radical (unpaired) electrons. The van der Waals surface area contributed by atoms with Gasteiger partial charge in [0.15, 0.2) is 0 Å². The Hall–Kier alpha value is -1.71. The highest BCUT2D eigenvalue weighted by Gasteiger charge is 2.20. The lowest BCUT2D eigenvalue weighted by molar-refractivity contribution is 0.184. The summed E-state index contributed by atoms with van der Waals surface area (Å²) >= 11 is 0. The van der Waals surface area contributed by atoms with Crippen molar-refractivity contribution in [1.29, 1.82) is 0 Å². The summed E-state index contributed by atoms with van der Waals surface area (Å²) in [7, 11) is 1.74. The second-order valence-electron chi connectivity index (χ2n) is 5.58. The number of aromatic nitrogens is 1. The van der Waals surface area contributed by atoms with Gasteiger partial charge in [-0.2, -0.15) is 0 Å². The third kappa shape index (κ3) is 3.31. The molecule has 1 aliphatic rings. The molecule has 1 atom stereocenters. The van der Waals surface area contributed by atoms with Gasteiger partial charge in [0.05, 0.1) is 18.3 Å². The van der Waals surface area contributed by atoms with Gasteiger partial charge in [-0.3, -0.25) is 4.98 Å². The number of methoxy groups -OCH3 is 1. The molecule has 0 bridgehead atoms. The summed E-state index contributed by atoms with van der Waals surface area (Å²) in [6.07, 6.45) is 5.45. The van der Waals surface area contributed by atoms with Crippen molar-refractivity contribution in [2.45, 2.75) is 38.5 Å². The maximum Gasteiger partial charge on any atom is 0.0716 e. The lowest BCUT2D eigenvalue weighted by Crippen LogP contribution is -2.26. The molecule has 0 saturated carbocycles. The first kappa shape index (κ1) is 14.2. The third-order valence-electron chi connectivity index (χ3n) is 4.15. The summed E-state index contributed by atoms with van der Waals surface area (Å²) < 4.78 is 5.28. The SMILES string of the molecule is COCc1ccccc1CNC1CCCc2cccnc21. The topological polar surface area (TPSA) is 34.1 Å². The van der Waals surface area contributed by atoms with Gasteiger partial charge in [0, 0.05) is 19.9 Å². The van der Waals surface area contributed by atoms with Crippen LogP contribution in [0.5, 0.6) is 0 Å². The summed E-state index contributed by atoms with van der Waals surface area (Å²) in [4.78, 5) is 4.58. The van der Waals surface area contributed by atoms with Crippen molar-refractivity contribution < 1.29 is 4.74 Å². The number of aryl methyl sites for hydroxylation is 1. The zero-order valence-electron chi connectivity index (χ0n) is 12.5. The fourth-order valence-corrected chi connectivity index (χ4v) is 3.07. The molecule has 0 spiro atoms. The van der Waals surface area contributed by atoms with Crippen molar-refractivity contribution in [3.05, 3.63) is 65.0 Å². The first-order valence-electron chi connectivity index (χ1n) is 7.61. The van der Waals surface area contributed by atoms with Crippen LogP contribution in [0.1, 0.15) is 41.3 Å². The maximum atomic E-state index is 5.28. The smallest absolute Gasteiger partial charge is 0.0716 e. The Labute approximate surface area is 126 Å². The van der Waals surface area contributed by atoms with E-state index in [-0.39, 0.29) is 0 Å². The lowest BCUT2D eigenvalue weighted by atomic mass is 9.91. The molecule has 21 heavy (non-hydrogen) atoms. The molecule has 2 aromatic rings. The Morgan fingerprint density at radius 2 is 2.05 bits per heavy atom. The van der Waals surface area contributed by atoms with Gasteiger partial charge in [-0.15, -0.1) is 0 Å². The van der Waals surface area contributed by atoms with Gasteiger partial charge < -0.3 is 10.1 Å². The second-order valence-corrected chi connectivity index (χ2v) is 5.58. The van der Waals surface area contributed by atoms with E-state index in [9.17, 15) is 0 Å². The van der Waals surface area contributed by atoms with E-state index >= 15 is 0 Å². The molecule has 1 unspecified atom stereocenters. The quantitative estimate of drug-likeness (QED) is 0.912. The summed E-state index contributed by atoms with van der Waals surface area (Å²) in [6.45, 7) is 1.53. The number of nitrogens with zero attached hydrogens (tertiary/aromatic N) is 1. The summed E-state index contributed by atoms with van der Waals surface area (Å²) in [5, 5.41) is 3.67. The molecule has 0 saturated heterocycles. The van der Waals surface area contributed by atoms with Gasteiger partial charge >= 0.3 is 0 Å². The number of hydrogen-bond donors (Lipinski definition) is 1. The summed E-state index contributed by atoms with van der Waals surface area (Å²) in [6, 6.07) is 13.1. The summed E-state index contributed by atoms with van der Waals surface area (Å²) in [5.41, 5.74) is 5.19. The number of pyridine rings is 1. The van der Waals surface area contributed by atoms with E-state index in [0.717, 1.165) is 19.4 Å². The van der Waals surface area contributed by atoms with Crippen LogP contribution in [0.3, 0.4) is 0 Å². The normalized spacial score (nSPS) is 17.5. The van der Waals surface area contributed by atoms with E-state index in [4.69, 9.17) is 4.74 Å². The Morgan fingerprint density at radius 3 is 2.90 bits per heavy atom. The van der Waals surface area contributed by atoms with Crippen molar-refractivity contribution in [2.75, 3.05) is 7.11 Å². The lowest BCUT2D eigenvalue weighted by Gasteiger charge is -2.25. The van der Waals surface area contributed by atoms with Crippen LogP contribution in [0.2, 0.25) is 0 Å². The minimum absolute atomic E-state index is 0.366. The molecule has 3 nitrogen and oxygen atoms in total. The summed E-state index contributed by atoms with van der Waals surface area (Å²) in [5.74, 6) is 0. The standard InChI is InChI=1S/C18H22N2O/c1-21-13-16-7-3-2-6-15(16)12-20-17-10-4-8-14-9-5-11-19-18(14)17/h2-3,5-7,9,11,17,20H,4,8,10,12-13H2,1H3. The predicted molar refractivity (Wildman–Crippen MR) is 83.9 cm³/mol. The van der Waals surface area contributed by atoms with Crippen molar-refractivity contribution in [2.24, 2.45) is 0 Å². The van der Waals surface area contributed by atoms with Crippen molar-refractivity contribution in [1.82, 2.24) is 10.3 Å². The zero-order valence-corrected chi connectivity index (χ0v) is 12.5. The van der Waals surface area contributed by atoms with Crippen LogP contribution in [0.25, 0.3) is 0 Å². The molecular formula is C18H22N2O. The third-order valence-corrected chi connectivity index (χ3v) is 4.15. The number of nitrogens with one attached hydrogen (secondary N) is 1. The Balaban J connectivity index is 1.72. The average molecular weight is 282 g/mol. The van der Waals surface area contributed by atoms with Gasteiger partial charge in [0.1, 0.15) is 0 Å². The molecule has 1 N–H and O–H groups in total. The van der Waals surface area contributed by atoms with E-state index in [2.05, 4.69) is 40.6 Å². The van der Waals surface area contributed by atoms with Gasteiger partial charge in [-0.1, -0.05) is 30.3 Å². The molecule has 0 fully saturated rings. The average Bonchev–Trinajstić information content (AvgIpc) is 2.54. The van der Waals surface area contributed by atoms with E-state index in [1.165, 1.54) is 28.8 Å². The van der Waals surface area contributed by atoms with E-state index in [1.54, 1.807) is 7.11 Å². The van der Waals surface area contributed by atoms with Gasteiger partial charge in [-0.25, -0.2) is 0 Å². The van der Waals surface area contributed by atoms with Crippen LogP contribution in [0.15, 0.2) is 42.6 Å². The minimum atomic E-state index is 0.366. The van der Waals surface area contributed by atoms with E-state index in [0.29, 0.717) is 12.6 Å². The van der Waals surface area contributed by atoms with Crippen LogP contribution < -0.4 is 5.32 Å². The zero-order chi connectivity index (χ0) is 14.5. The molecule has 1 heterocycles. The van der Waals surface area contributed by atoms with E-state index in [1.807, 2.05) is 12.3 Å². The molecule has 1 aliphatic carbocycles. The van der Waals surface area contributed by atoms with Crippen LogP contribution >= 0.6 is 0 Å². The molecule has 1 aromatic carbocycles. The number of benzene rings is 1. The molecule has 0 amide bonds. The van der Waals surface area contributed by atoms with E-state index < -0.39 is 0 Å². The molecule has 3 rings (SSSR count). The molecular weight excluding hydrogens is 260 g/mol. The fourth-order valence-electron chi connectivity index (χ4n) is 3.07. The largest absolute Gasteiger partial charge is 0.380 e. The fraction of sp³-hybridized carbons (Fsp3) is 0.389. The van der Waals surface area contributed by atoms with Gasteiger partial charge in [0.2, 0.25) is 0 Å². The van der Waals surface area contributed by atoms with Gasteiger partial charge in [0.25, 0.3) is 0 Å². The minimum Gasteiger partial charge on any atom is -0.380 e. The maximum absolute atomic E-state index is 5.28. The second kappa shape index (κ2) is 6.83. The number of ether oxygens (including phenoxy) is 1. The first-order valence-corrected chi connectivity index (χ1v) is 7.61. The van der Waals surface area contributed by atoms with Crippen LogP contribution in [-0.2, 0) is 24.3 Å². The Bertz CT molecular complexity index is 597. The van der Waals surface area contributed by atoms with Crippen LogP contribution in [0, 0.1) is 0 Å². The molecule has 0 aliphatic heterocycles. The monoisotopic (exact) mass is 282 g/mol. The highest BCUT2D eigenvalue weighted by molar-refractivity contribution is 5.28. The number of hydrogen-bond acceptors (Lipinski definition) is 3. The van der Waals surface area contributed by atoms with Crippen LogP contribution in [-0.4, -0.2) is 12.1 Å². The number of fused-ring (bicyclic) bond motifs is 1. The van der Waals surface area contributed by atoms with Crippen LogP contribution in [0.4, 0.5) is 0 Å². The predicted octanol–water partition coefficient (Wildman–Crippen LogP) is 3.40. The highest BCUT2D eigenvalue weighted by atomic mass is 16.5. The molecule has 3 heteroatoms. The Morgan fingerprint density at radius 1 is 1.19 bits per heavy atom. The number of rotatable bonds is 5. The van der Waals surface area contributed by atoms with Crippen molar-refractivity contribution in [3.63, 3.8) is 0 Å². The Kier molecular flexibility index (Phi) is 4.63. The van der Waals surface area contributed by atoms with Gasteiger partial charge in [-0.05, 0) is 42.0 Å². The van der Waals surface area contributed by atoms with Crippen molar-refractivity contribution in [3.8, 4) is 0 Å². The van der Waals surface area contributed by atoms with Crippen molar-refractivity contribution >= 4 is 0 Å². The molecule has 1 aromatic heterocycles. The first-order chi connectivity index (χ1) is 10.4. The molecule has 110 valence electrons.